The maximum Gasteiger partial charge on any atom is 0.146 e. The summed E-state index contributed by atoms with van der Waals surface area (Å²) in [6, 6.07) is 12.2. The minimum absolute atomic E-state index is 0.248. The van der Waals surface area contributed by atoms with Gasteiger partial charge in [0.15, 0.2) is 0 Å². The first-order valence-electron chi connectivity index (χ1n) is 8.85. The molecule has 1 aliphatic rings. The van der Waals surface area contributed by atoms with Gasteiger partial charge in [0.2, 0.25) is 0 Å². The summed E-state index contributed by atoms with van der Waals surface area (Å²) in [6.45, 7) is 4.14. The lowest BCUT2D eigenvalue weighted by Crippen LogP contribution is -2.46. The number of hydrogen-bond acceptors (Lipinski definition) is 5. The molecule has 3 heterocycles. The van der Waals surface area contributed by atoms with Gasteiger partial charge in [-0.05, 0) is 36.4 Å². The van der Waals surface area contributed by atoms with E-state index >= 15 is 0 Å². The lowest BCUT2D eigenvalue weighted by Gasteiger charge is -2.35. The normalized spacial score (nSPS) is 14.9. The van der Waals surface area contributed by atoms with Crippen molar-refractivity contribution in [1.29, 1.82) is 5.26 Å². The minimum Gasteiger partial charge on any atom is -0.353 e. The van der Waals surface area contributed by atoms with Crippen molar-refractivity contribution in [2.24, 2.45) is 0 Å². The first kappa shape index (κ1) is 17.2. The molecule has 1 fully saturated rings. The third-order valence-electron chi connectivity index (χ3n) is 4.82. The molecule has 0 radical (unpaired) electrons. The number of anilines is 1. The Morgan fingerprint density at radius 1 is 1.11 bits per heavy atom. The number of halogens is 1. The van der Waals surface area contributed by atoms with Crippen molar-refractivity contribution in [2.45, 2.75) is 6.54 Å². The zero-order chi connectivity index (χ0) is 18.6. The van der Waals surface area contributed by atoms with Gasteiger partial charge in [-0.2, -0.15) is 10.4 Å². The van der Waals surface area contributed by atoms with Gasteiger partial charge in [0.25, 0.3) is 0 Å². The Bertz CT molecular complexity index is 951. The lowest BCUT2D eigenvalue weighted by molar-refractivity contribution is 0.249. The summed E-state index contributed by atoms with van der Waals surface area (Å²) in [5, 5.41) is 16.5. The van der Waals surface area contributed by atoms with E-state index in [0.29, 0.717) is 5.56 Å². The van der Waals surface area contributed by atoms with E-state index in [1.165, 1.54) is 12.1 Å². The fraction of sp³-hybridized carbons (Fsp3) is 0.250. The molecule has 1 N–H and O–H groups in total. The van der Waals surface area contributed by atoms with Gasteiger partial charge < -0.3 is 4.90 Å². The molecular formula is C20H19FN6. The van der Waals surface area contributed by atoms with E-state index in [1.54, 1.807) is 30.5 Å². The van der Waals surface area contributed by atoms with Crippen LogP contribution in [0.1, 0.15) is 11.1 Å². The zero-order valence-electron chi connectivity index (χ0n) is 14.8. The highest BCUT2D eigenvalue weighted by atomic mass is 19.1. The average Bonchev–Trinajstić information content (AvgIpc) is 3.17. The molecule has 0 spiro atoms. The molecule has 3 aromatic rings. The number of hydrogen-bond donors (Lipinski definition) is 1. The molecule has 2 aromatic heterocycles. The Morgan fingerprint density at radius 2 is 1.89 bits per heavy atom. The molecule has 136 valence electrons. The fourth-order valence-corrected chi connectivity index (χ4v) is 3.39. The van der Waals surface area contributed by atoms with Crippen LogP contribution in [0.2, 0.25) is 0 Å². The number of H-pyrrole nitrogens is 1. The van der Waals surface area contributed by atoms with E-state index in [2.05, 4.69) is 31.1 Å². The number of rotatable bonds is 4. The standard InChI is InChI=1S/C20H19FN6/c21-18-5-3-15(4-6-18)19-17(13-24-25-19)14-26-8-10-27(11-9-26)20-16(12-22)2-1-7-23-20/h1-7,13H,8-11,14H2,(H,24,25). The second-order valence-electron chi connectivity index (χ2n) is 6.53. The molecule has 0 aliphatic carbocycles. The number of aromatic amines is 1. The van der Waals surface area contributed by atoms with Crippen LogP contribution < -0.4 is 4.90 Å². The van der Waals surface area contributed by atoms with Crippen LogP contribution >= 0.6 is 0 Å². The van der Waals surface area contributed by atoms with E-state index in [4.69, 9.17) is 0 Å². The van der Waals surface area contributed by atoms with Crippen molar-refractivity contribution in [3.63, 3.8) is 0 Å². The van der Waals surface area contributed by atoms with Crippen molar-refractivity contribution in [1.82, 2.24) is 20.1 Å². The van der Waals surface area contributed by atoms with Crippen LogP contribution in [-0.4, -0.2) is 46.3 Å². The quantitative estimate of drug-likeness (QED) is 0.773. The van der Waals surface area contributed by atoms with Crippen LogP contribution in [0.5, 0.6) is 0 Å². The SMILES string of the molecule is N#Cc1cccnc1N1CCN(Cc2cn[nH]c2-c2ccc(F)cc2)CC1. The minimum atomic E-state index is -0.248. The monoisotopic (exact) mass is 362 g/mol. The van der Waals surface area contributed by atoms with E-state index in [-0.39, 0.29) is 5.82 Å². The number of nitriles is 1. The molecule has 0 saturated carbocycles. The molecule has 0 atom stereocenters. The maximum absolute atomic E-state index is 13.2. The van der Waals surface area contributed by atoms with Crippen molar-refractivity contribution >= 4 is 5.82 Å². The molecule has 6 nitrogen and oxygen atoms in total. The van der Waals surface area contributed by atoms with Gasteiger partial charge in [0.1, 0.15) is 17.7 Å². The number of nitrogens with zero attached hydrogens (tertiary/aromatic N) is 5. The third-order valence-corrected chi connectivity index (χ3v) is 4.82. The van der Waals surface area contributed by atoms with Crippen LogP contribution in [0.25, 0.3) is 11.3 Å². The van der Waals surface area contributed by atoms with Gasteiger partial charge in [-0.3, -0.25) is 10.00 Å². The summed E-state index contributed by atoms with van der Waals surface area (Å²) in [7, 11) is 0. The average molecular weight is 362 g/mol. The molecule has 0 unspecified atom stereocenters. The van der Waals surface area contributed by atoms with Crippen LogP contribution in [-0.2, 0) is 6.54 Å². The van der Waals surface area contributed by atoms with E-state index < -0.39 is 0 Å². The van der Waals surface area contributed by atoms with Crippen molar-refractivity contribution in [3.8, 4) is 17.3 Å². The van der Waals surface area contributed by atoms with E-state index in [9.17, 15) is 9.65 Å². The first-order chi connectivity index (χ1) is 13.2. The number of piperazine rings is 1. The number of pyridine rings is 1. The van der Waals surface area contributed by atoms with Gasteiger partial charge in [-0.15, -0.1) is 0 Å². The zero-order valence-corrected chi connectivity index (χ0v) is 14.8. The summed E-state index contributed by atoms with van der Waals surface area (Å²) in [4.78, 5) is 8.88. The predicted molar refractivity (Wildman–Crippen MR) is 100 cm³/mol. The molecule has 0 amide bonds. The predicted octanol–water partition coefficient (Wildman–Crippen LogP) is 2.80. The van der Waals surface area contributed by atoms with Crippen LogP contribution in [0.15, 0.2) is 48.8 Å². The van der Waals surface area contributed by atoms with E-state index in [0.717, 1.165) is 55.4 Å². The van der Waals surface area contributed by atoms with Gasteiger partial charge in [-0.25, -0.2) is 9.37 Å². The first-order valence-corrected chi connectivity index (χ1v) is 8.85. The maximum atomic E-state index is 13.2. The molecule has 1 aromatic carbocycles. The van der Waals surface area contributed by atoms with Crippen LogP contribution in [0.3, 0.4) is 0 Å². The largest absolute Gasteiger partial charge is 0.353 e. The number of benzene rings is 1. The highest BCUT2D eigenvalue weighted by Gasteiger charge is 2.21. The second-order valence-corrected chi connectivity index (χ2v) is 6.53. The Labute approximate surface area is 156 Å². The smallest absolute Gasteiger partial charge is 0.146 e. The van der Waals surface area contributed by atoms with Crippen molar-refractivity contribution in [3.05, 3.63) is 65.7 Å². The second kappa shape index (κ2) is 7.56. The fourth-order valence-electron chi connectivity index (χ4n) is 3.39. The van der Waals surface area contributed by atoms with Crippen molar-refractivity contribution in [2.75, 3.05) is 31.1 Å². The van der Waals surface area contributed by atoms with Crippen LogP contribution in [0.4, 0.5) is 10.2 Å². The van der Waals surface area contributed by atoms with E-state index in [1.807, 2.05) is 6.20 Å². The molecular weight excluding hydrogens is 343 g/mol. The molecule has 4 rings (SSSR count). The molecule has 7 heteroatoms. The van der Waals surface area contributed by atoms with Gasteiger partial charge in [0.05, 0.1) is 17.5 Å². The Kier molecular flexibility index (Phi) is 4.81. The summed E-state index contributed by atoms with van der Waals surface area (Å²) in [6.07, 6.45) is 3.56. The Morgan fingerprint density at radius 3 is 2.63 bits per heavy atom. The van der Waals surface area contributed by atoms with Gasteiger partial charge in [-0.1, -0.05) is 0 Å². The van der Waals surface area contributed by atoms with Gasteiger partial charge >= 0.3 is 0 Å². The van der Waals surface area contributed by atoms with Crippen LogP contribution in [0, 0.1) is 17.1 Å². The summed E-state index contributed by atoms with van der Waals surface area (Å²) in [5.74, 6) is 0.511. The molecule has 27 heavy (non-hydrogen) atoms. The number of nitrogens with one attached hydrogen (secondary N) is 1. The Balaban J connectivity index is 1.43. The summed E-state index contributed by atoms with van der Waals surface area (Å²) in [5.41, 5.74) is 3.55. The van der Waals surface area contributed by atoms with Crippen molar-refractivity contribution < 1.29 is 4.39 Å². The molecule has 0 bridgehead atoms. The molecule has 1 saturated heterocycles. The van der Waals surface area contributed by atoms with Gasteiger partial charge in [0, 0.05) is 50.0 Å². The summed E-state index contributed by atoms with van der Waals surface area (Å²) >= 11 is 0. The lowest BCUT2D eigenvalue weighted by atomic mass is 10.1. The highest BCUT2D eigenvalue weighted by molar-refractivity contribution is 5.62. The Hall–Kier alpha value is -3.24. The topological polar surface area (TPSA) is 71.8 Å². The third kappa shape index (κ3) is 3.66. The summed E-state index contributed by atoms with van der Waals surface area (Å²) < 4.78 is 13.2. The highest BCUT2D eigenvalue weighted by Crippen LogP contribution is 2.24. The number of aromatic nitrogens is 3. The molecule has 1 aliphatic heterocycles.